The third-order valence-corrected chi connectivity index (χ3v) is 4.81. The number of aromatic nitrogens is 1. The van der Waals surface area contributed by atoms with Crippen molar-refractivity contribution in [3.05, 3.63) is 65.2 Å². The third kappa shape index (κ3) is 4.96. The molecule has 0 spiro atoms. The number of fused-ring (bicyclic) bond motifs is 1. The van der Waals surface area contributed by atoms with Crippen molar-refractivity contribution in [3.8, 4) is 5.75 Å². The van der Waals surface area contributed by atoms with Crippen LogP contribution < -0.4 is 20.3 Å². The summed E-state index contributed by atoms with van der Waals surface area (Å²) in [5, 5.41) is 7.92. The van der Waals surface area contributed by atoms with Crippen LogP contribution in [0.3, 0.4) is 0 Å². The fourth-order valence-electron chi connectivity index (χ4n) is 3.18. The van der Waals surface area contributed by atoms with E-state index < -0.39 is 0 Å². The number of hydrogen-bond donors (Lipinski definition) is 2. The second-order valence-corrected chi connectivity index (χ2v) is 7.15. The van der Waals surface area contributed by atoms with Crippen LogP contribution in [0.2, 0.25) is 0 Å². The molecule has 0 radical (unpaired) electrons. The van der Waals surface area contributed by atoms with Gasteiger partial charge in [0.2, 0.25) is 0 Å². The van der Waals surface area contributed by atoms with Crippen LogP contribution in [0.25, 0.3) is 10.9 Å². The Hall–Kier alpha value is -3.28. The van der Waals surface area contributed by atoms with Crippen LogP contribution in [-0.4, -0.2) is 39.2 Å². The topological polar surface area (TPSA) is 61.8 Å². The van der Waals surface area contributed by atoms with Crippen molar-refractivity contribution in [2.45, 2.75) is 20.0 Å². The average molecular weight is 392 g/mol. The summed E-state index contributed by atoms with van der Waals surface area (Å²) in [4.78, 5) is 11.1. The smallest absolute Gasteiger partial charge is 0.191 e. The van der Waals surface area contributed by atoms with Crippen LogP contribution in [-0.2, 0) is 13.1 Å². The normalized spacial score (nSPS) is 11.4. The van der Waals surface area contributed by atoms with E-state index in [0.29, 0.717) is 13.1 Å². The van der Waals surface area contributed by atoms with Gasteiger partial charge in [0, 0.05) is 45.2 Å². The van der Waals surface area contributed by atoms with Gasteiger partial charge in [0.15, 0.2) is 5.96 Å². The molecular formula is C23H29N5O. The quantitative estimate of drug-likeness (QED) is 0.498. The maximum Gasteiger partial charge on any atom is 0.191 e. The van der Waals surface area contributed by atoms with Crippen LogP contribution >= 0.6 is 0 Å². The van der Waals surface area contributed by atoms with E-state index in [9.17, 15) is 0 Å². The number of pyridine rings is 1. The molecule has 0 aliphatic rings. The first-order valence-corrected chi connectivity index (χ1v) is 9.66. The summed E-state index contributed by atoms with van der Waals surface area (Å²) in [6, 6.07) is 16.5. The summed E-state index contributed by atoms with van der Waals surface area (Å²) in [5.41, 5.74) is 4.43. The summed E-state index contributed by atoms with van der Waals surface area (Å²) in [6.07, 6.45) is 0. The van der Waals surface area contributed by atoms with Crippen LogP contribution in [0.5, 0.6) is 5.75 Å². The number of ether oxygens (including phenoxy) is 1. The highest BCUT2D eigenvalue weighted by molar-refractivity contribution is 5.85. The van der Waals surface area contributed by atoms with Gasteiger partial charge in [-0.1, -0.05) is 30.3 Å². The van der Waals surface area contributed by atoms with Crippen molar-refractivity contribution in [2.24, 2.45) is 4.99 Å². The minimum atomic E-state index is 0.628. The number of aliphatic imine (C=N–C) groups is 1. The largest absolute Gasteiger partial charge is 0.496 e. The predicted molar refractivity (Wildman–Crippen MR) is 121 cm³/mol. The minimum Gasteiger partial charge on any atom is -0.496 e. The summed E-state index contributed by atoms with van der Waals surface area (Å²) >= 11 is 0. The lowest BCUT2D eigenvalue weighted by Crippen LogP contribution is -2.36. The maximum absolute atomic E-state index is 5.49. The number of nitrogens with one attached hydrogen (secondary N) is 2. The standard InChI is InChI=1S/C23H29N5O/c1-16-10-11-17(21(12-16)29-5)14-25-23(24-2)26-15-18-13-22(28(3)4)27-20-9-7-6-8-19(18)20/h6-13H,14-15H2,1-5H3,(H2,24,25,26). The number of methoxy groups -OCH3 is 1. The van der Waals surface area contributed by atoms with Gasteiger partial charge < -0.3 is 20.3 Å². The predicted octanol–water partition coefficient (Wildman–Crippen LogP) is 3.48. The first kappa shape index (κ1) is 20.5. The van der Waals surface area contributed by atoms with Crippen LogP contribution in [0, 0.1) is 6.92 Å². The Kier molecular flexibility index (Phi) is 6.54. The Morgan fingerprint density at radius 3 is 2.45 bits per heavy atom. The van der Waals surface area contributed by atoms with Gasteiger partial charge in [-0.2, -0.15) is 0 Å². The van der Waals surface area contributed by atoms with Gasteiger partial charge in [-0.15, -0.1) is 0 Å². The van der Waals surface area contributed by atoms with Crippen molar-refractivity contribution in [3.63, 3.8) is 0 Å². The second kappa shape index (κ2) is 9.28. The molecule has 0 aliphatic heterocycles. The molecule has 6 heteroatoms. The zero-order chi connectivity index (χ0) is 20.8. The Morgan fingerprint density at radius 2 is 1.76 bits per heavy atom. The van der Waals surface area contributed by atoms with Crippen LogP contribution in [0.1, 0.15) is 16.7 Å². The van der Waals surface area contributed by atoms with Crippen molar-refractivity contribution in [1.29, 1.82) is 0 Å². The first-order chi connectivity index (χ1) is 14.0. The van der Waals surface area contributed by atoms with Gasteiger partial charge in [-0.25, -0.2) is 4.98 Å². The molecule has 0 amide bonds. The fourth-order valence-corrected chi connectivity index (χ4v) is 3.18. The molecule has 29 heavy (non-hydrogen) atoms. The van der Waals surface area contributed by atoms with E-state index in [2.05, 4.69) is 46.8 Å². The van der Waals surface area contributed by atoms with E-state index in [1.807, 2.05) is 43.3 Å². The highest BCUT2D eigenvalue weighted by atomic mass is 16.5. The maximum atomic E-state index is 5.49. The van der Waals surface area contributed by atoms with Gasteiger partial charge in [0.05, 0.1) is 12.6 Å². The molecule has 0 saturated heterocycles. The number of nitrogens with zero attached hydrogens (tertiary/aromatic N) is 3. The molecular weight excluding hydrogens is 362 g/mol. The molecule has 3 rings (SSSR count). The van der Waals surface area contributed by atoms with Crippen molar-refractivity contribution in [1.82, 2.24) is 15.6 Å². The summed E-state index contributed by atoms with van der Waals surface area (Å²) in [7, 11) is 7.48. The highest BCUT2D eigenvalue weighted by Gasteiger charge is 2.09. The zero-order valence-electron chi connectivity index (χ0n) is 17.8. The second-order valence-electron chi connectivity index (χ2n) is 7.15. The molecule has 0 aliphatic carbocycles. The SMILES string of the molecule is CN=C(NCc1ccc(C)cc1OC)NCc1cc(N(C)C)nc2ccccc12. The number of para-hydroxylation sites is 1. The molecule has 3 aromatic rings. The number of rotatable bonds is 6. The molecule has 1 aromatic heterocycles. The van der Waals surface area contributed by atoms with E-state index in [0.717, 1.165) is 34.0 Å². The molecule has 0 saturated carbocycles. The Bertz CT molecular complexity index is 1010. The zero-order valence-corrected chi connectivity index (χ0v) is 17.8. The van der Waals surface area contributed by atoms with Crippen molar-refractivity contribution >= 4 is 22.7 Å². The molecule has 1 heterocycles. The van der Waals surface area contributed by atoms with E-state index in [4.69, 9.17) is 9.72 Å². The van der Waals surface area contributed by atoms with Crippen molar-refractivity contribution < 1.29 is 4.74 Å². The Morgan fingerprint density at radius 1 is 1.03 bits per heavy atom. The molecule has 152 valence electrons. The van der Waals surface area contributed by atoms with E-state index in [1.165, 1.54) is 11.1 Å². The van der Waals surface area contributed by atoms with Gasteiger partial charge in [0.1, 0.15) is 11.6 Å². The molecule has 0 bridgehead atoms. The lowest BCUT2D eigenvalue weighted by molar-refractivity contribution is 0.408. The first-order valence-electron chi connectivity index (χ1n) is 9.66. The molecule has 2 aromatic carbocycles. The number of anilines is 1. The van der Waals surface area contributed by atoms with E-state index >= 15 is 0 Å². The van der Waals surface area contributed by atoms with Crippen molar-refractivity contribution in [2.75, 3.05) is 33.2 Å². The van der Waals surface area contributed by atoms with Crippen LogP contribution in [0.15, 0.2) is 53.5 Å². The van der Waals surface area contributed by atoms with Gasteiger partial charge in [-0.05, 0) is 36.2 Å². The number of hydrogen-bond acceptors (Lipinski definition) is 4. The molecule has 2 N–H and O–H groups in total. The Balaban J connectivity index is 1.73. The van der Waals surface area contributed by atoms with Crippen LogP contribution in [0.4, 0.5) is 5.82 Å². The van der Waals surface area contributed by atoms with Gasteiger partial charge in [0.25, 0.3) is 0 Å². The average Bonchev–Trinajstić information content (AvgIpc) is 2.74. The number of aryl methyl sites for hydroxylation is 1. The number of benzene rings is 2. The van der Waals surface area contributed by atoms with Gasteiger partial charge in [-0.3, -0.25) is 4.99 Å². The minimum absolute atomic E-state index is 0.628. The lowest BCUT2D eigenvalue weighted by atomic mass is 10.1. The molecule has 0 atom stereocenters. The molecule has 0 fully saturated rings. The Labute approximate surface area is 172 Å². The van der Waals surface area contributed by atoms with E-state index in [1.54, 1.807) is 14.2 Å². The van der Waals surface area contributed by atoms with E-state index in [-0.39, 0.29) is 0 Å². The highest BCUT2D eigenvalue weighted by Crippen LogP contribution is 2.22. The lowest BCUT2D eigenvalue weighted by Gasteiger charge is -2.17. The fraction of sp³-hybridized carbons (Fsp3) is 0.304. The third-order valence-electron chi connectivity index (χ3n) is 4.81. The summed E-state index contributed by atoms with van der Waals surface area (Å²) in [6.45, 7) is 3.33. The number of guanidine groups is 1. The summed E-state index contributed by atoms with van der Waals surface area (Å²) < 4.78 is 5.49. The molecule has 0 unspecified atom stereocenters. The van der Waals surface area contributed by atoms with Gasteiger partial charge >= 0.3 is 0 Å². The summed E-state index contributed by atoms with van der Waals surface area (Å²) in [5.74, 6) is 2.55. The molecule has 6 nitrogen and oxygen atoms in total. The monoisotopic (exact) mass is 391 g/mol.